The second kappa shape index (κ2) is 10.9. The maximum absolute atomic E-state index is 13.4. The number of ether oxygens (including phenoxy) is 1. The Morgan fingerprint density at radius 3 is 2.33 bits per heavy atom. The molecule has 7 nitrogen and oxygen atoms in total. The fourth-order valence-corrected chi connectivity index (χ4v) is 4.77. The molecule has 3 atom stereocenters. The highest BCUT2D eigenvalue weighted by Crippen LogP contribution is 2.42. The van der Waals surface area contributed by atoms with Crippen molar-refractivity contribution in [2.75, 3.05) is 30.0 Å². The van der Waals surface area contributed by atoms with E-state index in [1.54, 1.807) is 7.11 Å². The first-order valence-electron chi connectivity index (χ1n) is 13.1. The van der Waals surface area contributed by atoms with E-state index >= 15 is 0 Å². The molecule has 0 bridgehead atoms. The minimum atomic E-state index is -0.165. The van der Waals surface area contributed by atoms with Crippen LogP contribution in [0.5, 0.6) is 5.75 Å². The Kier molecular flexibility index (Phi) is 7.88. The molecule has 0 saturated heterocycles. The molecule has 1 fully saturated rings. The molecule has 36 heavy (non-hydrogen) atoms. The molecule has 1 aliphatic heterocycles. The lowest BCUT2D eigenvalue weighted by Crippen LogP contribution is -2.53. The fourth-order valence-electron chi connectivity index (χ4n) is 4.77. The number of amides is 2. The summed E-state index contributed by atoms with van der Waals surface area (Å²) in [5.74, 6) is 1.11. The molecule has 1 aliphatic carbocycles. The van der Waals surface area contributed by atoms with Crippen LogP contribution in [0.15, 0.2) is 42.5 Å². The second-order valence-electron chi connectivity index (χ2n) is 10.6. The summed E-state index contributed by atoms with van der Waals surface area (Å²) >= 11 is 0. The highest BCUT2D eigenvalue weighted by atomic mass is 16.5. The molecular weight excluding hydrogens is 452 g/mol. The molecule has 1 heterocycles. The van der Waals surface area contributed by atoms with Gasteiger partial charge in [0.2, 0.25) is 5.91 Å². The third kappa shape index (κ3) is 5.67. The van der Waals surface area contributed by atoms with Gasteiger partial charge in [0.05, 0.1) is 31.1 Å². The molecule has 2 N–H and O–H groups in total. The molecule has 4 rings (SSSR count). The average Bonchev–Trinajstić information content (AvgIpc) is 3.71. The highest BCUT2D eigenvalue weighted by Gasteiger charge is 2.39. The number of carbonyl (C=O) groups excluding carboxylic acids is 2. The van der Waals surface area contributed by atoms with Crippen LogP contribution in [-0.2, 0) is 4.79 Å². The first kappa shape index (κ1) is 26.0. The summed E-state index contributed by atoms with van der Waals surface area (Å²) in [4.78, 5) is 30.9. The van der Waals surface area contributed by atoms with Gasteiger partial charge in [-0.15, -0.1) is 0 Å². The zero-order valence-electron chi connectivity index (χ0n) is 22.4. The van der Waals surface area contributed by atoms with Gasteiger partial charge in [-0.25, -0.2) is 0 Å². The molecule has 194 valence electrons. The Bertz CT molecular complexity index is 1080. The Hall–Kier alpha value is -3.06. The smallest absolute Gasteiger partial charge is 0.251 e. The number of nitrogens with one attached hydrogen (secondary N) is 2. The van der Waals surface area contributed by atoms with E-state index in [2.05, 4.69) is 43.2 Å². The fraction of sp³-hybridized carbons (Fsp3) is 0.517. The highest BCUT2D eigenvalue weighted by molar-refractivity contribution is 6.03. The summed E-state index contributed by atoms with van der Waals surface area (Å²) in [6.45, 7) is 11.4. The van der Waals surface area contributed by atoms with Crippen molar-refractivity contribution in [2.45, 2.75) is 71.6 Å². The predicted octanol–water partition coefficient (Wildman–Crippen LogP) is 4.52. The molecule has 2 amide bonds. The number of anilines is 2. The second-order valence-corrected chi connectivity index (χ2v) is 10.6. The van der Waals surface area contributed by atoms with Crippen molar-refractivity contribution in [3.8, 4) is 5.75 Å². The number of hydrogen-bond acceptors (Lipinski definition) is 5. The Labute approximate surface area is 215 Å². The van der Waals surface area contributed by atoms with Crippen molar-refractivity contribution in [3.63, 3.8) is 0 Å². The van der Waals surface area contributed by atoms with Gasteiger partial charge in [0.1, 0.15) is 5.75 Å². The van der Waals surface area contributed by atoms with Crippen LogP contribution in [0.2, 0.25) is 0 Å². The number of fused-ring (bicyclic) bond motifs is 1. The van der Waals surface area contributed by atoms with E-state index in [9.17, 15) is 9.59 Å². The Balaban J connectivity index is 1.56. The average molecular weight is 493 g/mol. The standard InChI is InChI=1S/C29H40N4O3/c1-18(2)20(4)30-16-28(34)32-17-19(3)33(24-10-11-24)26-14-9-23(15-27(26)32)29(35)31-21(5)22-7-12-25(36-6)13-8-22/h7-9,12-15,18-21,24,30H,10-11,16-17H2,1-6H3,(H,31,35)/t19?,20-,21-/m0/s1. The maximum Gasteiger partial charge on any atom is 0.251 e. The molecule has 2 aromatic carbocycles. The van der Waals surface area contributed by atoms with Gasteiger partial charge in [-0.1, -0.05) is 26.0 Å². The van der Waals surface area contributed by atoms with E-state index in [-0.39, 0.29) is 36.5 Å². The van der Waals surface area contributed by atoms with E-state index in [0.717, 1.165) is 22.7 Å². The van der Waals surface area contributed by atoms with E-state index in [0.29, 0.717) is 24.1 Å². The van der Waals surface area contributed by atoms with Gasteiger partial charge in [0.15, 0.2) is 0 Å². The Morgan fingerprint density at radius 1 is 1.03 bits per heavy atom. The largest absolute Gasteiger partial charge is 0.497 e. The number of carbonyl (C=O) groups is 2. The molecule has 1 saturated carbocycles. The third-order valence-electron chi connectivity index (χ3n) is 7.51. The van der Waals surface area contributed by atoms with Crippen molar-refractivity contribution in [2.24, 2.45) is 5.92 Å². The minimum Gasteiger partial charge on any atom is -0.497 e. The molecule has 1 unspecified atom stereocenters. The SMILES string of the molecule is COc1ccc([C@H](C)NC(=O)c2ccc3c(c2)N(C(=O)CN[C@@H](C)C(C)C)CC(C)N3C2CC2)cc1. The third-order valence-corrected chi connectivity index (χ3v) is 7.51. The molecule has 0 aromatic heterocycles. The molecule has 2 aromatic rings. The monoisotopic (exact) mass is 492 g/mol. The zero-order valence-corrected chi connectivity index (χ0v) is 22.4. The van der Waals surface area contributed by atoms with Gasteiger partial charge in [-0.2, -0.15) is 0 Å². The molecule has 2 aliphatic rings. The van der Waals surface area contributed by atoms with Gasteiger partial charge in [0, 0.05) is 30.2 Å². The van der Waals surface area contributed by atoms with Crippen LogP contribution in [0.25, 0.3) is 0 Å². The van der Waals surface area contributed by atoms with Gasteiger partial charge in [0.25, 0.3) is 5.91 Å². The summed E-state index contributed by atoms with van der Waals surface area (Å²) in [5.41, 5.74) is 3.42. The first-order chi connectivity index (χ1) is 17.2. The van der Waals surface area contributed by atoms with Crippen LogP contribution in [0.1, 0.15) is 69.4 Å². The van der Waals surface area contributed by atoms with E-state index in [1.807, 2.05) is 54.3 Å². The summed E-state index contributed by atoms with van der Waals surface area (Å²) in [5, 5.41) is 6.47. The van der Waals surface area contributed by atoms with Crippen molar-refractivity contribution in [3.05, 3.63) is 53.6 Å². The number of hydrogen-bond donors (Lipinski definition) is 2. The Morgan fingerprint density at radius 2 is 1.72 bits per heavy atom. The van der Waals surface area contributed by atoms with Crippen LogP contribution >= 0.6 is 0 Å². The molecular formula is C29H40N4O3. The van der Waals surface area contributed by atoms with E-state index in [4.69, 9.17) is 4.74 Å². The van der Waals surface area contributed by atoms with Crippen LogP contribution in [0.3, 0.4) is 0 Å². The summed E-state index contributed by atoms with van der Waals surface area (Å²) in [7, 11) is 1.64. The lowest BCUT2D eigenvalue weighted by atomic mass is 10.0. The van der Waals surface area contributed by atoms with Gasteiger partial charge in [-0.05, 0) is 75.4 Å². The predicted molar refractivity (Wildman–Crippen MR) is 145 cm³/mol. The van der Waals surface area contributed by atoms with Crippen LogP contribution in [-0.4, -0.2) is 50.1 Å². The van der Waals surface area contributed by atoms with Crippen molar-refractivity contribution in [1.29, 1.82) is 0 Å². The van der Waals surface area contributed by atoms with Gasteiger partial charge < -0.3 is 25.2 Å². The van der Waals surface area contributed by atoms with Gasteiger partial charge >= 0.3 is 0 Å². The number of nitrogens with zero attached hydrogens (tertiary/aromatic N) is 2. The zero-order chi connectivity index (χ0) is 26.0. The van der Waals surface area contributed by atoms with Crippen molar-refractivity contribution < 1.29 is 14.3 Å². The lowest BCUT2D eigenvalue weighted by molar-refractivity contribution is -0.118. The summed E-state index contributed by atoms with van der Waals surface area (Å²) in [6, 6.07) is 14.3. The number of rotatable bonds is 9. The first-order valence-corrected chi connectivity index (χ1v) is 13.1. The lowest BCUT2D eigenvalue weighted by Gasteiger charge is -2.43. The normalized spacial score (nSPS) is 19.0. The summed E-state index contributed by atoms with van der Waals surface area (Å²) in [6.07, 6.45) is 2.35. The minimum absolute atomic E-state index is 0.0372. The van der Waals surface area contributed by atoms with Gasteiger partial charge in [-0.3, -0.25) is 9.59 Å². The van der Waals surface area contributed by atoms with Crippen molar-refractivity contribution in [1.82, 2.24) is 10.6 Å². The summed E-state index contributed by atoms with van der Waals surface area (Å²) < 4.78 is 5.23. The van der Waals surface area contributed by atoms with E-state index in [1.165, 1.54) is 12.8 Å². The quantitative estimate of drug-likeness (QED) is 0.538. The van der Waals surface area contributed by atoms with Crippen LogP contribution < -0.4 is 25.2 Å². The number of benzene rings is 2. The van der Waals surface area contributed by atoms with E-state index < -0.39 is 0 Å². The van der Waals surface area contributed by atoms with Crippen LogP contribution in [0, 0.1) is 5.92 Å². The molecule has 0 spiro atoms. The number of methoxy groups -OCH3 is 1. The maximum atomic E-state index is 13.4. The molecule has 7 heteroatoms. The molecule has 0 radical (unpaired) electrons. The van der Waals surface area contributed by atoms with Crippen LogP contribution in [0.4, 0.5) is 11.4 Å². The van der Waals surface area contributed by atoms with Crippen molar-refractivity contribution >= 4 is 23.2 Å². The topological polar surface area (TPSA) is 73.9 Å².